The Kier molecular flexibility index (Phi) is 5.78. The Bertz CT molecular complexity index is 1020. The molecule has 1 unspecified atom stereocenters. The van der Waals surface area contributed by atoms with Crippen molar-refractivity contribution < 1.29 is 14.7 Å². The van der Waals surface area contributed by atoms with E-state index in [1.165, 1.54) is 0 Å². The van der Waals surface area contributed by atoms with Gasteiger partial charge < -0.3 is 5.11 Å². The molecule has 36 heavy (non-hydrogen) atoms. The molecule has 0 bridgehead atoms. The highest BCUT2D eigenvalue weighted by Gasteiger charge is 2.72. The van der Waals surface area contributed by atoms with Crippen LogP contribution in [0.5, 0.6) is 0 Å². The summed E-state index contributed by atoms with van der Waals surface area (Å²) in [6, 6.07) is -0.578. The number of ketones is 1. The lowest BCUT2D eigenvalue weighted by Crippen LogP contribution is -2.68. The van der Waals surface area contributed by atoms with Crippen LogP contribution in [-0.4, -0.2) is 22.9 Å². The van der Waals surface area contributed by atoms with Crippen LogP contribution in [0.4, 0.5) is 0 Å². The Hall–Kier alpha value is -1.55. The standard InChI is InChI=1S/C30H47N3O3/c1-17(2)18-10-13-30(25(35)36)15-14-28(6)19(23(18)30)8-9-22-27(5)16-20(32-33-31)24(34)26(3,4)21(27)11-12-29(22,28)7/h17-23H,8-16H2,1-7H3,(H,35,36)/t18-,19+,20?,21-,22+,23+,27-,28+,29+,30-/m0/s1. The molecule has 6 nitrogen and oxygen atoms in total. The number of rotatable bonds is 3. The van der Waals surface area contributed by atoms with Gasteiger partial charge in [-0.1, -0.05) is 53.6 Å². The van der Waals surface area contributed by atoms with E-state index in [2.05, 4.69) is 58.5 Å². The molecule has 0 radical (unpaired) electrons. The van der Waals surface area contributed by atoms with Gasteiger partial charge in [0.05, 0.1) is 11.5 Å². The lowest BCUT2D eigenvalue weighted by molar-refractivity contribution is -0.238. The van der Waals surface area contributed by atoms with Gasteiger partial charge in [-0.25, -0.2) is 0 Å². The largest absolute Gasteiger partial charge is 0.481 e. The van der Waals surface area contributed by atoms with Gasteiger partial charge in [-0.05, 0) is 115 Å². The molecule has 5 fully saturated rings. The summed E-state index contributed by atoms with van der Waals surface area (Å²) in [6.07, 6.45) is 8.64. The highest BCUT2D eigenvalue weighted by Crippen LogP contribution is 2.77. The van der Waals surface area contributed by atoms with Crippen LogP contribution in [0.2, 0.25) is 0 Å². The summed E-state index contributed by atoms with van der Waals surface area (Å²) in [4.78, 5) is 29.3. The summed E-state index contributed by atoms with van der Waals surface area (Å²) in [5.74, 6) is 1.99. The van der Waals surface area contributed by atoms with Crippen LogP contribution in [0.3, 0.4) is 0 Å². The summed E-state index contributed by atoms with van der Waals surface area (Å²) >= 11 is 0. The lowest BCUT2D eigenvalue weighted by atomic mass is 9.32. The first-order valence-electron chi connectivity index (χ1n) is 14.5. The van der Waals surface area contributed by atoms with Crippen molar-refractivity contribution in [2.75, 3.05) is 0 Å². The first-order chi connectivity index (χ1) is 16.7. The Balaban J connectivity index is 1.58. The predicted octanol–water partition coefficient (Wildman–Crippen LogP) is 7.67. The number of hydrogen-bond acceptors (Lipinski definition) is 3. The van der Waals surface area contributed by atoms with Gasteiger partial charge in [0, 0.05) is 10.3 Å². The van der Waals surface area contributed by atoms with Gasteiger partial charge in [-0.15, -0.1) is 0 Å². The summed E-state index contributed by atoms with van der Waals surface area (Å²) in [5, 5.41) is 14.6. The smallest absolute Gasteiger partial charge is 0.309 e. The summed E-state index contributed by atoms with van der Waals surface area (Å²) in [6.45, 7) is 16.2. The number of azide groups is 1. The fourth-order valence-corrected chi connectivity index (χ4v) is 11.9. The number of carboxylic acid groups (broad SMARTS) is 1. The van der Waals surface area contributed by atoms with E-state index in [9.17, 15) is 20.2 Å². The fraction of sp³-hybridized carbons (Fsp3) is 0.933. The lowest BCUT2D eigenvalue weighted by Gasteiger charge is -2.72. The second-order valence-electron chi connectivity index (χ2n) is 15.1. The number of Topliss-reactive ketones (excluding diaryl/α,β-unsaturated/α-hetero) is 1. The third kappa shape index (κ3) is 3.00. The molecular weight excluding hydrogens is 450 g/mol. The van der Waals surface area contributed by atoms with E-state index in [1.807, 2.05) is 0 Å². The first kappa shape index (κ1) is 26.1. The minimum Gasteiger partial charge on any atom is -0.481 e. The molecule has 5 saturated carbocycles. The molecular formula is C30H47N3O3. The molecule has 10 atom stereocenters. The van der Waals surface area contributed by atoms with Crippen molar-refractivity contribution in [3.63, 3.8) is 0 Å². The molecule has 0 aromatic carbocycles. The molecule has 0 aromatic heterocycles. The number of carboxylic acids is 1. The second-order valence-corrected chi connectivity index (χ2v) is 15.1. The fourth-order valence-electron chi connectivity index (χ4n) is 11.9. The van der Waals surface area contributed by atoms with Crippen molar-refractivity contribution in [1.29, 1.82) is 0 Å². The van der Waals surface area contributed by atoms with Crippen molar-refractivity contribution in [3.05, 3.63) is 10.4 Å². The Morgan fingerprint density at radius 2 is 1.67 bits per heavy atom. The minimum atomic E-state index is -0.578. The van der Waals surface area contributed by atoms with Crippen LogP contribution in [0.15, 0.2) is 5.11 Å². The van der Waals surface area contributed by atoms with Crippen LogP contribution in [0.25, 0.3) is 10.4 Å². The molecule has 5 aliphatic carbocycles. The van der Waals surface area contributed by atoms with E-state index in [0.717, 1.165) is 51.4 Å². The quantitative estimate of drug-likeness (QED) is 0.246. The van der Waals surface area contributed by atoms with Gasteiger partial charge in [0.15, 0.2) is 0 Å². The topological polar surface area (TPSA) is 103 Å². The first-order valence-corrected chi connectivity index (χ1v) is 14.5. The predicted molar refractivity (Wildman–Crippen MR) is 140 cm³/mol. The molecule has 1 N–H and O–H groups in total. The molecule has 200 valence electrons. The Morgan fingerprint density at radius 3 is 2.28 bits per heavy atom. The third-order valence-corrected chi connectivity index (χ3v) is 13.7. The van der Waals surface area contributed by atoms with Gasteiger partial charge in [-0.2, -0.15) is 0 Å². The molecule has 0 heterocycles. The monoisotopic (exact) mass is 497 g/mol. The van der Waals surface area contributed by atoms with E-state index < -0.39 is 22.8 Å². The number of fused-ring (bicyclic) bond motifs is 7. The normalized spacial score (nSPS) is 51.4. The number of nitrogens with zero attached hydrogens (tertiary/aromatic N) is 3. The van der Waals surface area contributed by atoms with Crippen molar-refractivity contribution >= 4 is 11.8 Å². The summed E-state index contributed by atoms with van der Waals surface area (Å²) in [5.41, 5.74) is 8.32. The molecule has 0 amide bonds. The average Bonchev–Trinajstić information content (AvgIpc) is 3.19. The highest BCUT2D eigenvalue weighted by atomic mass is 16.4. The van der Waals surface area contributed by atoms with Gasteiger partial charge in [-0.3, -0.25) is 9.59 Å². The summed E-state index contributed by atoms with van der Waals surface area (Å²) in [7, 11) is 0. The van der Waals surface area contributed by atoms with Crippen molar-refractivity contribution in [2.45, 2.75) is 112 Å². The molecule has 6 heteroatoms. The van der Waals surface area contributed by atoms with Crippen molar-refractivity contribution in [2.24, 2.45) is 67.7 Å². The molecule has 0 spiro atoms. The Labute approximate surface area is 217 Å². The van der Waals surface area contributed by atoms with Gasteiger partial charge >= 0.3 is 5.97 Å². The van der Waals surface area contributed by atoms with E-state index in [4.69, 9.17) is 0 Å². The molecule has 0 aromatic rings. The number of carbonyl (C=O) groups excluding carboxylic acids is 1. The molecule has 0 saturated heterocycles. The zero-order valence-corrected chi connectivity index (χ0v) is 23.5. The highest BCUT2D eigenvalue weighted by molar-refractivity contribution is 5.90. The zero-order chi connectivity index (χ0) is 26.5. The van der Waals surface area contributed by atoms with Crippen LogP contribution in [0, 0.1) is 62.6 Å². The minimum absolute atomic E-state index is 0.0638. The van der Waals surface area contributed by atoms with Crippen LogP contribution < -0.4 is 0 Å². The van der Waals surface area contributed by atoms with Gasteiger partial charge in [0.25, 0.3) is 0 Å². The molecule has 5 aliphatic rings. The van der Waals surface area contributed by atoms with Crippen LogP contribution >= 0.6 is 0 Å². The molecule has 5 rings (SSSR count). The maximum atomic E-state index is 13.4. The molecule has 0 aliphatic heterocycles. The van der Waals surface area contributed by atoms with Crippen molar-refractivity contribution in [1.82, 2.24) is 0 Å². The van der Waals surface area contributed by atoms with E-state index in [0.29, 0.717) is 30.1 Å². The maximum Gasteiger partial charge on any atom is 0.309 e. The summed E-state index contributed by atoms with van der Waals surface area (Å²) < 4.78 is 0. The van der Waals surface area contributed by atoms with Crippen LogP contribution in [-0.2, 0) is 9.59 Å². The zero-order valence-electron chi connectivity index (χ0n) is 23.5. The second kappa shape index (κ2) is 7.98. The average molecular weight is 498 g/mol. The van der Waals surface area contributed by atoms with E-state index >= 15 is 0 Å². The SMILES string of the molecule is CC(C)[C@@H]1CC[C@]2(C(=O)O)CC[C@]3(C)[C@H](CC[C@@H]4[C@@]5(C)CC(N=[N+]=[N-])C(=O)C(C)(C)[C@@H]5CC[C@]43C)[C@@H]12. The van der Waals surface area contributed by atoms with Crippen LogP contribution in [0.1, 0.15) is 106 Å². The van der Waals surface area contributed by atoms with Gasteiger partial charge in [0.1, 0.15) is 5.78 Å². The third-order valence-electron chi connectivity index (χ3n) is 13.7. The number of aliphatic carboxylic acids is 1. The van der Waals surface area contributed by atoms with Gasteiger partial charge in [0.2, 0.25) is 0 Å². The Morgan fingerprint density at radius 1 is 0.972 bits per heavy atom. The van der Waals surface area contributed by atoms with E-state index in [1.54, 1.807) is 0 Å². The maximum absolute atomic E-state index is 13.4. The number of carbonyl (C=O) groups is 2. The van der Waals surface area contributed by atoms with E-state index in [-0.39, 0.29) is 33.9 Å². The number of hydrogen-bond donors (Lipinski definition) is 1. The van der Waals surface area contributed by atoms with Crippen molar-refractivity contribution in [3.8, 4) is 0 Å².